The zero-order valence-electron chi connectivity index (χ0n) is 12.0. The zero-order valence-corrected chi connectivity index (χ0v) is 14.4. The Morgan fingerprint density at radius 1 is 1.27 bits per heavy atom. The van der Waals surface area contributed by atoms with Gasteiger partial charge in [-0.3, -0.25) is 4.18 Å². The molecule has 0 aliphatic carbocycles. The van der Waals surface area contributed by atoms with E-state index in [1.165, 1.54) is 11.3 Å². The molecule has 0 saturated heterocycles. The SMILES string of the molecule is C[C@H]1C[C@@H](OS(=O)Cc2ccccc2)c2ccsc2S1(=O)=O. The van der Waals surface area contributed by atoms with Crippen molar-refractivity contribution in [2.75, 3.05) is 0 Å². The Morgan fingerprint density at radius 2 is 2.00 bits per heavy atom. The summed E-state index contributed by atoms with van der Waals surface area (Å²) >= 11 is -0.286. The molecule has 2 aromatic rings. The molecule has 0 fully saturated rings. The molecule has 0 saturated carbocycles. The van der Waals surface area contributed by atoms with E-state index in [9.17, 15) is 12.6 Å². The van der Waals surface area contributed by atoms with Gasteiger partial charge in [0.15, 0.2) is 20.9 Å². The predicted molar refractivity (Wildman–Crippen MR) is 87.7 cm³/mol. The van der Waals surface area contributed by atoms with E-state index >= 15 is 0 Å². The molecule has 0 radical (unpaired) electrons. The van der Waals surface area contributed by atoms with E-state index in [1.54, 1.807) is 18.4 Å². The molecule has 22 heavy (non-hydrogen) atoms. The molecule has 0 spiro atoms. The molecule has 3 rings (SSSR count). The Morgan fingerprint density at radius 3 is 2.73 bits per heavy atom. The lowest BCUT2D eigenvalue weighted by Crippen LogP contribution is -2.28. The van der Waals surface area contributed by atoms with E-state index < -0.39 is 32.3 Å². The van der Waals surface area contributed by atoms with Crippen molar-refractivity contribution in [3.05, 3.63) is 52.9 Å². The van der Waals surface area contributed by atoms with Crippen molar-refractivity contribution in [2.45, 2.75) is 34.7 Å². The maximum Gasteiger partial charge on any atom is 0.190 e. The van der Waals surface area contributed by atoms with Crippen molar-refractivity contribution in [3.63, 3.8) is 0 Å². The molecule has 0 amide bonds. The van der Waals surface area contributed by atoms with Crippen molar-refractivity contribution in [1.82, 2.24) is 0 Å². The lowest BCUT2D eigenvalue weighted by Gasteiger charge is -2.26. The third-order valence-electron chi connectivity index (χ3n) is 3.69. The van der Waals surface area contributed by atoms with E-state index in [0.717, 1.165) is 5.56 Å². The Hall–Kier alpha value is -1.02. The topological polar surface area (TPSA) is 60.4 Å². The van der Waals surface area contributed by atoms with Crippen LogP contribution in [0.15, 0.2) is 46.0 Å². The van der Waals surface area contributed by atoms with E-state index in [-0.39, 0.29) is 0 Å². The first-order valence-corrected chi connectivity index (χ1v) is 10.6. The second-order valence-electron chi connectivity index (χ2n) is 5.27. The lowest BCUT2D eigenvalue weighted by molar-refractivity contribution is 0.211. The molecule has 0 bridgehead atoms. The van der Waals surface area contributed by atoms with E-state index in [1.807, 2.05) is 30.3 Å². The number of hydrogen-bond acceptors (Lipinski definition) is 5. The van der Waals surface area contributed by atoms with Crippen LogP contribution >= 0.6 is 11.3 Å². The first kappa shape index (κ1) is 15.9. The fourth-order valence-corrected chi connectivity index (χ4v) is 6.64. The second kappa shape index (κ2) is 6.23. The van der Waals surface area contributed by atoms with Crippen LogP contribution in [0, 0.1) is 0 Å². The van der Waals surface area contributed by atoms with Gasteiger partial charge in [-0.15, -0.1) is 11.3 Å². The molecule has 1 unspecified atom stereocenters. The number of thiophene rings is 1. The molecule has 7 heteroatoms. The Bertz CT molecular complexity index is 780. The Balaban J connectivity index is 1.78. The normalized spacial score (nSPS) is 24.6. The number of sulfone groups is 1. The summed E-state index contributed by atoms with van der Waals surface area (Å²) in [4.78, 5) is 0. The first-order chi connectivity index (χ1) is 10.5. The zero-order chi connectivity index (χ0) is 15.7. The number of rotatable bonds is 4. The minimum Gasteiger partial charge on any atom is -0.282 e. The van der Waals surface area contributed by atoms with E-state index in [0.29, 0.717) is 21.9 Å². The fourth-order valence-electron chi connectivity index (χ4n) is 2.48. The highest BCUT2D eigenvalue weighted by Gasteiger charge is 2.38. The average molecular weight is 356 g/mol. The van der Waals surface area contributed by atoms with Gasteiger partial charge in [0.1, 0.15) is 10.3 Å². The smallest absolute Gasteiger partial charge is 0.190 e. The second-order valence-corrected chi connectivity index (χ2v) is 9.84. The van der Waals surface area contributed by atoms with Crippen molar-refractivity contribution in [2.24, 2.45) is 0 Å². The summed E-state index contributed by atoms with van der Waals surface area (Å²) in [6.45, 7) is 1.68. The monoisotopic (exact) mass is 356 g/mol. The van der Waals surface area contributed by atoms with Crippen molar-refractivity contribution in [3.8, 4) is 0 Å². The minimum absolute atomic E-state index is 0.304. The van der Waals surface area contributed by atoms with Crippen molar-refractivity contribution in [1.29, 1.82) is 0 Å². The number of hydrogen-bond donors (Lipinski definition) is 0. The molecule has 4 nitrogen and oxygen atoms in total. The van der Waals surface area contributed by atoms with Gasteiger partial charge in [0.05, 0.1) is 11.0 Å². The summed E-state index contributed by atoms with van der Waals surface area (Å²) in [7, 11) is -3.27. The maximum absolute atomic E-state index is 12.3. The molecule has 1 aromatic heterocycles. The summed E-state index contributed by atoms with van der Waals surface area (Å²) in [6, 6.07) is 11.2. The van der Waals surface area contributed by atoms with Gasteiger partial charge in [0.25, 0.3) is 0 Å². The quantitative estimate of drug-likeness (QED) is 0.844. The highest BCUT2D eigenvalue weighted by molar-refractivity contribution is 7.94. The van der Waals surface area contributed by atoms with Gasteiger partial charge in [0, 0.05) is 5.56 Å². The highest BCUT2D eigenvalue weighted by Crippen LogP contribution is 2.41. The molecular formula is C15H16O4S3. The van der Waals surface area contributed by atoms with Crippen LogP contribution < -0.4 is 0 Å². The van der Waals surface area contributed by atoms with Crippen LogP contribution in [0.1, 0.15) is 30.6 Å². The average Bonchev–Trinajstić information content (AvgIpc) is 2.97. The summed E-state index contributed by atoms with van der Waals surface area (Å²) in [5.41, 5.74) is 1.58. The third kappa shape index (κ3) is 3.03. The first-order valence-electron chi connectivity index (χ1n) is 6.89. The number of benzene rings is 1. The van der Waals surface area contributed by atoms with Gasteiger partial charge < -0.3 is 0 Å². The van der Waals surface area contributed by atoms with Crippen molar-refractivity contribution < 1.29 is 16.8 Å². The molecule has 3 atom stereocenters. The van der Waals surface area contributed by atoms with Gasteiger partial charge >= 0.3 is 0 Å². The lowest BCUT2D eigenvalue weighted by atomic mass is 10.1. The third-order valence-corrected chi connectivity index (χ3v) is 8.42. The van der Waals surface area contributed by atoms with Gasteiger partial charge in [-0.05, 0) is 30.4 Å². The molecule has 1 aliphatic rings. The summed E-state index contributed by atoms with van der Waals surface area (Å²) < 4.78 is 42.8. The molecule has 0 N–H and O–H groups in total. The van der Waals surface area contributed by atoms with Crippen LogP contribution in [0.2, 0.25) is 0 Å². The van der Waals surface area contributed by atoms with Crippen LogP contribution in [0.25, 0.3) is 0 Å². The molecule has 1 aliphatic heterocycles. The van der Waals surface area contributed by atoms with Gasteiger partial charge in [-0.25, -0.2) is 12.6 Å². The minimum atomic E-state index is -3.27. The van der Waals surface area contributed by atoms with Crippen LogP contribution in [-0.4, -0.2) is 17.9 Å². The Kier molecular flexibility index (Phi) is 4.49. The van der Waals surface area contributed by atoms with E-state index in [2.05, 4.69) is 0 Å². The highest BCUT2D eigenvalue weighted by atomic mass is 32.2. The molecule has 1 aromatic carbocycles. The van der Waals surface area contributed by atoms with Crippen LogP contribution in [0.4, 0.5) is 0 Å². The summed E-state index contributed by atoms with van der Waals surface area (Å²) in [5.74, 6) is 0.304. The number of fused-ring (bicyclic) bond motifs is 1. The largest absolute Gasteiger partial charge is 0.282 e. The molecule has 2 heterocycles. The molecule has 118 valence electrons. The van der Waals surface area contributed by atoms with Crippen LogP contribution in [0.5, 0.6) is 0 Å². The summed E-state index contributed by atoms with van der Waals surface area (Å²) in [6.07, 6.45) is -0.0867. The maximum atomic E-state index is 12.3. The summed E-state index contributed by atoms with van der Waals surface area (Å²) in [5, 5.41) is 1.23. The predicted octanol–water partition coefficient (Wildman–Crippen LogP) is 3.24. The standard InChI is InChI=1S/C15H16O4S3/c1-11-9-14(13-7-8-20-15(13)22(11,17)18)19-21(16)10-12-5-3-2-4-6-12/h2-8,11,14H,9-10H2,1H3/t11-,14+,21?/m0/s1. The molecular weight excluding hydrogens is 340 g/mol. The van der Waals surface area contributed by atoms with Gasteiger partial charge in [-0.2, -0.15) is 0 Å². The Labute approximate surface area is 136 Å². The van der Waals surface area contributed by atoms with Crippen LogP contribution in [0.3, 0.4) is 0 Å². The van der Waals surface area contributed by atoms with Gasteiger partial charge in [-0.1, -0.05) is 30.3 Å². The van der Waals surface area contributed by atoms with Gasteiger partial charge in [0.2, 0.25) is 0 Å². The van der Waals surface area contributed by atoms with E-state index in [4.69, 9.17) is 4.18 Å². The van der Waals surface area contributed by atoms with Crippen LogP contribution in [-0.2, 0) is 30.9 Å². The van der Waals surface area contributed by atoms with Crippen molar-refractivity contribution >= 4 is 32.3 Å². The fraction of sp³-hybridized carbons (Fsp3) is 0.333.